The van der Waals surface area contributed by atoms with Crippen LogP contribution in [-0.4, -0.2) is 58.2 Å². The number of alkyl halides is 1. The van der Waals surface area contributed by atoms with Crippen molar-refractivity contribution in [2.45, 2.75) is 70.0 Å². The summed E-state index contributed by atoms with van der Waals surface area (Å²) in [6.07, 6.45) is 0. The molecule has 0 saturated heterocycles. The maximum atomic E-state index is 12.3. The Labute approximate surface area is 150 Å². The van der Waals surface area contributed by atoms with Gasteiger partial charge in [-0.25, -0.2) is 0 Å². The Hall–Kier alpha value is 0.280. The smallest absolute Gasteiger partial charge is 0.162 e. The van der Waals surface area contributed by atoms with Crippen LogP contribution in [0.3, 0.4) is 0 Å². The summed E-state index contributed by atoms with van der Waals surface area (Å²) < 4.78 is 11.2. The zero-order chi connectivity index (χ0) is 17.6. The van der Waals surface area contributed by atoms with Gasteiger partial charge in [-0.2, -0.15) is 0 Å². The average Bonchev–Trinajstić information content (AvgIpc) is 2.23. The first-order valence-electron chi connectivity index (χ1n) is 7.93. The highest BCUT2D eigenvalue weighted by atomic mass is 127. The number of carbonyl (C=O) groups is 1. The Morgan fingerprint density at radius 3 is 1.50 bits per heavy atom. The highest BCUT2D eigenvalue weighted by Crippen LogP contribution is 2.18. The fourth-order valence-corrected chi connectivity index (χ4v) is 1.79. The molecule has 0 rings (SSSR count). The van der Waals surface area contributed by atoms with Crippen LogP contribution in [-0.2, 0) is 14.3 Å². The lowest BCUT2D eigenvalue weighted by Crippen LogP contribution is -2.42. The summed E-state index contributed by atoms with van der Waals surface area (Å²) in [5.74, 6) is 0.236. The molecule has 0 saturated carbocycles. The zero-order valence-corrected chi connectivity index (χ0v) is 17.7. The van der Waals surface area contributed by atoms with Crippen LogP contribution in [0.15, 0.2) is 0 Å². The van der Waals surface area contributed by atoms with Gasteiger partial charge >= 0.3 is 0 Å². The summed E-state index contributed by atoms with van der Waals surface area (Å²) in [5, 5.41) is 0. The van der Waals surface area contributed by atoms with Crippen LogP contribution in [0.5, 0.6) is 0 Å². The predicted molar refractivity (Wildman–Crippen MR) is 101 cm³/mol. The first-order valence-corrected chi connectivity index (χ1v) is 9.01. The fourth-order valence-electron chi connectivity index (χ4n) is 1.62. The number of hydrogen-bond acceptors (Lipinski definition) is 4. The minimum Gasteiger partial charge on any atom is -0.375 e. The Morgan fingerprint density at radius 1 is 0.864 bits per heavy atom. The molecule has 132 valence electrons. The highest BCUT2D eigenvalue weighted by molar-refractivity contribution is 14.1. The van der Waals surface area contributed by atoms with Gasteiger partial charge in [0.1, 0.15) is 0 Å². The maximum Gasteiger partial charge on any atom is 0.162 e. The van der Waals surface area contributed by atoms with E-state index in [-0.39, 0.29) is 20.4 Å². The standard InChI is InChI=1S/C17H34INO3/c1-15(2,3)21-11-9-19(10-12-22-16(4,5)6)13-14(20)17(7,8)18/h9-13H2,1-8H3. The molecule has 0 aromatic rings. The SMILES string of the molecule is CC(C)(C)OCCN(CCOC(C)(C)C)CC(=O)C(C)(C)I. The first-order chi connectivity index (χ1) is 9.71. The van der Waals surface area contributed by atoms with E-state index in [0.29, 0.717) is 19.8 Å². The number of hydrogen-bond donors (Lipinski definition) is 0. The van der Waals surface area contributed by atoms with Crippen molar-refractivity contribution in [1.29, 1.82) is 0 Å². The van der Waals surface area contributed by atoms with E-state index in [4.69, 9.17) is 9.47 Å². The van der Waals surface area contributed by atoms with Gasteiger partial charge in [-0.15, -0.1) is 0 Å². The predicted octanol–water partition coefficient (Wildman–Crippen LogP) is 3.70. The second kappa shape index (κ2) is 8.94. The minimum atomic E-state index is -0.341. The quantitative estimate of drug-likeness (QED) is 0.416. The molecule has 0 unspecified atom stereocenters. The number of rotatable bonds is 9. The molecule has 0 amide bonds. The molecule has 0 aliphatic heterocycles. The number of ketones is 1. The second-order valence-electron chi connectivity index (χ2n) is 8.09. The first kappa shape index (κ1) is 22.3. The molecule has 0 aromatic carbocycles. The van der Waals surface area contributed by atoms with Crippen LogP contribution in [0.25, 0.3) is 0 Å². The highest BCUT2D eigenvalue weighted by Gasteiger charge is 2.25. The Kier molecular flexibility index (Phi) is 9.06. The van der Waals surface area contributed by atoms with E-state index in [1.807, 2.05) is 55.4 Å². The summed E-state index contributed by atoms with van der Waals surface area (Å²) in [4.78, 5) is 14.4. The molecular weight excluding hydrogens is 393 g/mol. The summed E-state index contributed by atoms with van der Waals surface area (Å²) in [6, 6.07) is 0. The van der Waals surface area contributed by atoms with Gasteiger partial charge in [0.15, 0.2) is 5.78 Å². The summed E-state index contributed by atoms with van der Waals surface area (Å²) in [7, 11) is 0. The van der Waals surface area contributed by atoms with Gasteiger partial charge in [0, 0.05) is 13.1 Å². The lowest BCUT2D eigenvalue weighted by atomic mass is 10.1. The molecular formula is C17H34INO3. The van der Waals surface area contributed by atoms with Gasteiger partial charge in [-0.05, 0) is 55.4 Å². The molecule has 0 spiro atoms. The van der Waals surface area contributed by atoms with Crippen molar-refractivity contribution in [3.63, 3.8) is 0 Å². The molecule has 0 aromatic heterocycles. The summed E-state index contributed by atoms with van der Waals surface area (Å²) in [6.45, 7) is 19.3. The third-order valence-corrected chi connectivity index (χ3v) is 3.52. The number of halogens is 1. The molecule has 0 aliphatic rings. The van der Waals surface area contributed by atoms with E-state index in [0.717, 1.165) is 13.1 Å². The molecule has 0 fully saturated rings. The molecule has 0 radical (unpaired) electrons. The minimum absolute atomic E-state index is 0.153. The van der Waals surface area contributed by atoms with E-state index in [1.165, 1.54) is 0 Å². The number of nitrogens with zero attached hydrogens (tertiary/aromatic N) is 1. The van der Waals surface area contributed by atoms with Crippen LogP contribution in [0.2, 0.25) is 0 Å². The van der Waals surface area contributed by atoms with Crippen LogP contribution in [0.4, 0.5) is 0 Å². The molecule has 0 aliphatic carbocycles. The molecule has 0 N–H and O–H groups in total. The Bertz CT molecular complexity index is 317. The van der Waals surface area contributed by atoms with Gasteiger partial charge in [-0.3, -0.25) is 9.69 Å². The molecule has 0 bridgehead atoms. The third-order valence-electron chi connectivity index (χ3n) is 2.92. The topological polar surface area (TPSA) is 38.8 Å². The molecule has 0 heterocycles. The van der Waals surface area contributed by atoms with E-state index in [9.17, 15) is 4.79 Å². The number of carbonyl (C=O) groups excluding carboxylic acids is 1. The Balaban J connectivity index is 4.46. The lowest BCUT2D eigenvalue weighted by molar-refractivity contribution is -0.122. The van der Waals surface area contributed by atoms with Crippen molar-refractivity contribution in [2.75, 3.05) is 32.8 Å². The van der Waals surface area contributed by atoms with Crippen molar-refractivity contribution in [1.82, 2.24) is 4.90 Å². The van der Waals surface area contributed by atoms with Crippen LogP contribution < -0.4 is 0 Å². The largest absolute Gasteiger partial charge is 0.375 e. The van der Waals surface area contributed by atoms with Crippen molar-refractivity contribution >= 4 is 28.4 Å². The second-order valence-corrected chi connectivity index (χ2v) is 10.8. The zero-order valence-electron chi connectivity index (χ0n) is 15.6. The third kappa shape index (κ3) is 12.8. The van der Waals surface area contributed by atoms with E-state index < -0.39 is 0 Å². The van der Waals surface area contributed by atoms with Crippen molar-refractivity contribution < 1.29 is 14.3 Å². The molecule has 22 heavy (non-hydrogen) atoms. The van der Waals surface area contributed by atoms with E-state index in [1.54, 1.807) is 0 Å². The van der Waals surface area contributed by atoms with Gasteiger partial charge in [0.25, 0.3) is 0 Å². The van der Waals surface area contributed by atoms with Crippen LogP contribution in [0.1, 0.15) is 55.4 Å². The normalized spacial score (nSPS) is 13.7. The number of Topliss-reactive ketones (excluding diaryl/α,β-unsaturated/α-hetero) is 1. The van der Waals surface area contributed by atoms with Gasteiger partial charge in [0.2, 0.25) is 0 Å². The van der Waals surface area contributed by atoms with Gasteiger partial charge < -0.3 is 9.47 Å². The fraction of sp³-hybridized carbons (Fsp3) is 0.941. The monoisotopic (exact) mass is 427 g/mol. The average molecular weight is 427 g/mol. The van der Waals surface area contributed by atoms with Crippen molar-refractivity contribution in [3.05, 3.63) is 0 Å². The van der Waals surface area contributed by atoms with Crippen molar-refractivity contribution in [2.24, 2.45) is 0 Å². The Morgan fingerprint density at radius 2 is 1.23 bits per heavy atom. The summed E-state index contributed by atoms with van der Waals surface area (Å²) in [5.41, 5.74) is -0.305. The molecule has 0 atom stereocenters. The van der Waals surface area contributed by atoms with E-state index >= 15 is 0 Å². The maximum absolute atomic E-state index is 12.3. The van der Waals surface area contributed by atoms with Gasteiger partial charge in [-0.1, -0.05) is 22.6 Å². The van der Waals surface area contributed by atoms with Gasteiger partial charge in [0.05, 0.1) is 34.4 Å². The van der Waals surface area contributed by atoms with E-state index in [2.05, 4.69) is 27.5 Å². The number of ether oxygens (including phenoxy) is 2. The van der Waals surface area contributed by atoms with Crippen molar-refractivity contribution in [3.8, 4) is 0 Å². The van der Waals surface area contributed by atoms with Crippen LogP contribution >= 0.6 is 22.6 Å². The lowest BCUT2D eigenvalue weighted by Gasteiger charge is -2.28. The molecule has 5 heteroatoms. The molecule has 4 nitrogen and oxygen atoms in total. The van der Waals surface area contributed by atoms with Crippen LogP contribution in [0, 0.1) is 0 Å². The summed E-state index contributed by atoms with van der Waals surface area (Å²) >= 11 is 2.20.